The van der Waals surface area contributed by atoms with Crippen LogP contribution < -0.4 is 10.0 Å². The summed E-state index contributed by atoms with van der Waals surface area (Å²) in [6.45, 7) is 0. The fraction of sp³-hybridized carbons (Fsp3) is 0.364. The number of amides is 1. The van der Waals surface area contributed by atoms with Crippen molar-refractivity contribution in [3.8, 4) is 0 Å². The number of aromatic amines is 1. The SMILES string of the molecule is CS(=O)(=O)c1ccccc1S(=O)(=O)Nc1ccc2n[nH]c(CC(=O)NC3CCCCC3)c2c1. The fourth-order valence-corrected chi connectivity index (χ4v) is 6.82. The second-order valence-corrected chi connectivity index (χ2v) is 12.0. The minimum Gasteiger partial charge on any atom is -0.353 e. The Kier molecular flexibility index (Phi) is 6.44. The molecule has 0 atom stereocenters. The summed E-state index contributed by atoms with van der Waals surface area (Å²) >= 11 is 0. The molecule has 0 radical (unpaired) electrons. The summed E-state index contributed by atoms with van der Waals surface area (Å²) < 4.78 is 52.5. The van der Waals surface area contributed by atoms with Crippen molar-refractivity contribution in [1.82, 2.24) is 15.5 Å². The second-order valence-electron chi connectivity index (χ2n) is 8.34. The zero-order valence-corrected chi connectivity index (χ0v) is 19.8. The van der Waals surface area contributed by atoms with Gasteiger partial charge in [-0.2, -0.15) is 5.10 Å². The number of hydrogen-bond acceptors (Lipinski definition) is 6. The van der Waals surface area contributed by atoms with Gasteiger partial charge in [0.25, 0.3) is 10.0 Å². The number of sulfone groups is 1. The summed E-state index contributed by atoms with van der Waals surface area (Å²) in [5, 5.41) is 10.7. The molecule has 33 heavy (non-hydrogen) atoms. The van der Waals surface area contributed by atoms with E-state index in [1.54, 1.807) is 12.1 Å². The van der Waals surface area contributed by atoms with Crippen molar-refractivity contribution in [3.05, 3.63) is 48.2 Å². The highest BCUT2D eigenvalue weighted by Crippen LogP contribution is 2.26. The van der Waals surface area contributed by atoms with E-state index < -0.39 is 19.9 Å². The van der Waals surface area contributed by atoms with Gasteiger partial charge in [-0.15, -0.1) is 0 Å². The Hall–Kier alpha value is -2.92. The lowest BCUT2D eigenvalue weighted by molar-refractivity contribution is -0.121. The molecule has 0 aliphatic heterocycles. The van der Waals surface area contributed by atoms with E-state index in [9.17, 15) is 21.6 Å². The number of fused-ring (bicyclic) bond motifs is 1. The van der Waals surface area contributed by atoms with E-state index in [2.05, 4.69) is 20.2 Å². The number of aromatic nitrogens is 2. The molecule has 1 heterocycles. The third kappa shape index (κ3) is 5.36. The van der Waals surface area contributed by atoms with Crippen LogP contribution in [0.15, 0.2) is 52.3 Å². The Morgan fingerprint density at radius 1 is 1.03 bits per heavy atom. The first-order chi connectivity index (χ1) is 15.6. The number of carbonyl (C=O) groups is 1. The normalized spacial score (nSPS) is 15.4. The summed E-state index contributed by atoms with van der Waals surface area (Å²) in [4.78, 5) is 11.9. The molecule has 1 aliphatic carbocycles. The average molecular weight is 491 g/mol. The first-order valence-corrected chi connectivity index (χ1v) is 14.1. The molecular weight excluding hydrogens is 464 g/mol. The number of nitrogens with one attached hydrogen (secondary N) is 3. The van der Waals surface area contributed by atoms with Crippen LogP contribution in [0.4, 0.5) is 5.69 Å². The van der Waals surface area contributed by atoms with Crippen LogP contribution in [0.25, 0.3) is 10.9 Å². The Morgan fingerprint density at radius 3 is 2.42 bits per heavy atom. The predicted octanol–water partition coefficient (Wildman–Crippen LogP) is 2.76. The van der Waals surface area contributed by atoms with Crippen molar-refractivity contribution in [2.45, 2.75) is 54.4 Å². The van der Waals surface area contributed by atoms with E-state index in [1.165, 1.54) is 36.8 Å². The lowest BCUT2D eigenvalue weighted by Crippen LogP contribution is -2.37. The first-order valence-electron chi connectivity index (χ1n) is 10.7. The standard InChI is InChI=1S/C22H26N4O5S2/c1-32(28,29)20-9-5-6-10-21(20)33(30,31)26-16-11-12-18-17(13-16)19(25-24-18)14-22(27)23-15-7-3-2-4-8-15/h5-6,9-13,15,26H,2-4,7-8,14H2,1H3,(H,23,27)(H,24,25). The zero-order chi connectivity index (χ0) is 23.6. The third-order valence-electron chi connectivity index (χ3n) is 5.73. The van der Waals surface area contributed by atoms with E-state index in [-0.39, 0.29) is 33.8 Å². The molecule has 0 bridgehead atoms. The van der Waals surface area contributed by atoms with Crippen LogP contribution in [0.1, 0.15) is 37.8 Å². The molecule has 9 nitrogen and oxygen atoms in total. The van der Waals surface area contributed by atoms with Gasteiger partial charge in [-0.3, -0.25) is 14.6 Å². The molecule has 3 aromatic rings. The van der Waals surface area contributed by atoms with Crippen LogP contribution >= 0.6 is 0 Å². The molecule has 1 aromatic heterocycles. The van der Waals surface area contributed by atoms with Gasteiger partial charge in [0.1, 0.15) is 4.90 Å². The van der Waals surface area contributed by atoms with Gasteiger partial charge >= 0.3 is 0 Å². The van der Waals surface area contributed by atoms with Gasteiger partial charge in [0.05, 0.1) is 22.5 Å². The molecule has 0 saturated heterocycles. The topological polar surface area (TPSA) is 138 Å². The van der Waals surface area contributed by atoms with E-state index in [0.717, 1.165) is 31.9 Å². The molecule has 0 unspecified atom stereocenters. The number of hydrogen-bond donors (Lipinski definition) is 3. The van der Waals surface area contributed by atoms with Crippen molar-refractivity contribution in [1.29, 1.82) is 0 Å². The van der Waals surface area contributed by atoms with E-state index in [1.807, 2.05) is 0 Å². The number of carbonyl (C=O) groups excluding carboxylic acids is 1. The Balaban J connectivity index is 1.57. The Morgan fingerprint density at radius 2 is 1.73 bits per heavy atom. The van der Waals surface area contributed by atoms with E-state index in [0.29, 0.717) is 16.6 Å². The lowest BCUT2D eigenvalue weighted by atomic mass is 9.95. The summed E-state index contributed by atoms with van der Waals surface area (Å²) in [6, 6.07) is 10.4. The Bertz CT molecular complexity index is 1390. The quantitative estimate of drug-likeness (QED) is 0.466. The molecule has 11 heteroatoms. The minimum atomic E-state index is -4.17. The van der Waals surface area contributed by atoms with Gasteiger partial charge in [0, 0.05) is 23.4 Å². The summed E-state index contributed by atoms with van der Waals surface area (Å²) in [5.74, 6) is -0.111. The lowest BCUT2D eigenvalue weighted by Gasteiger charge is -2.22. The molecule has 176 valence electrons. The van der Waals surface area contributed by atoms with Gasteiger partial charge in [-0.25, -0.2) is 16.8 Å². The van der Waals surface area contributed by atoms with Crippen LogP contribution in [0.3, 0.4) is 0 Å². The highest BCUT2D eigenvalue weighted by molar-refractivity contribution is 7.95. The molecule has 3 N–H and O–H groups in total. The van der Waals surface area contributed by atoms with E-state index in [4.69, 9.17) is 0 Å². The van der Waals surface area contributed by atoms with Gasteiger partial charge in [0.15, 0.2) is 9.84 Å². The van der Waals surface area contributed by atoms with Crippen molar-refractivity contribution >= 4 is 42.4 Å². The smallest absolute Gasteiger partial charge is 0.263 e. The molecule has 2 aromatic carbocycles. The van der Waals surface area contributed by atoms with Gasteiger partial charge in [0.2, 0.25) is 5.91 Å². The van der Waals surface area contributed by atoms with Crippen LogP contribution in [0.2, 0.25) is 0 Å². The molecule has 1 aliphatic rings. The molecule has 1 saturated carbocycles. The fourth-order valence-electron chi connectivity index (χ4n) is 4.14. The first kappa shape index (κ1) is 23.2. The summed E-state index contributed by atoms with van der Waals surface area (Å²) in [7, 11) is -7.92. The van der Waals surface area contributed by atoms with E-state index >= 15 is 0 Å². The number of sulfonamides is 1. The van der Waals surface area contributed by atoms with Crippen LogP contribution in [-0.4, -0.2) is 45.2 Å². The van der Waals surface area contributed by atoms with Crippen LogP contribution in [0, 0.1) is 0 Å². The van der Waals surface area contributed by atoms with Crippen molar-refractivity contribution in [2.24, 2.45) is 0 Å². The molecular formula is C22H26N4O5S2. The summed E-state index contributed by atoms with van der Waals surface area (Å²) in [6.07, 6.45) is 6.45. The monoisotopic (exact) mass is 490 g/mol. The third-order valence-corrected chi connectivity index (χ3v) is 8.45. The number of nitrogens with zero attached hydrogens (tertiary/aromatic N) is 1. The largest absolute Gasteiger partial charge is 0.353 e. The van der Waals surface area contributed by atoms with Crippen LogP contribution in [-0.2, 0) is 31.1 Å². The molecule has 4 rings (SSSR count). The maximum atomic E-state index is 13.0. The Labute approximate surface area is 192 Å². The predicted molar refractivity (Wildman–Crippen MR) is 125 cm³/mol. The van der Waals surface area contributed by atoms with Crippen LogP contribution in [0.5, 0.6) is 0 Å². The average Bonchev–Trinajstić information content (AvgIpc) is 3.15. The molecule has 1 amide bonds. The minimum absolute atomic E-state index is 0.0973. The second kappa shape index (κ2) is 9.14. The maximum absolute atomic E-state index is 13.0. The van der Waals surface area contributed by atoms with Gasteiger partial charge in [-0.05, 0) is 43.2 Å². The van der Waals surface area contributed by atoms with Crippen molar-refractivity contribution < 1.29 is 21.6 Å². The maximum Gasteiger partial charge on any atom is 0.263 e. The summed E-state index contributed by atoms with van der Waals surface area (Å²) in [5.41, 5.74) is 1.41. The number of rotatable bonds is 7. The van der Waals surface area contributed by atoms with Gasteiger partial charge < -0.3 is 5.32 Å². The zero-order valence-electron chi connectivity index (χ0n) is 18.2. The highest BCUT2D eigenvalue weighted by atomic mass is 32.2. The number of H-pyrrole nitrogens is 1. The number of anilines is 1. The molecule has 1 fully saturated rings. The molecule has 0 spiro atoms. The van der Waals surface area contributed by atoms with Gasteiger partial charge in [-0.1, -0.05) is 31.4 Å². The van der Waals surface area contributed by atoms with Crippen molar-refractivity contribution in [2.75, 3.05) is 11.0 Å². The highest BCUT2D eigenvalue weighted by Gasteiger charge is 2.24. The van der Waals surface area contributed by atoms with Crippen molar-refractivity contribution in [3.63, 3.8) is 0 Å². The number of benzene rings is 2.